The maximum atomic E-state index is 12.3. The molecule has 0 saturated carbocycles. The molecule has 0 aromatic carbocycles. The molecule has 2 rings (SSSR count). The summed E-state index contributed by atoms with van der Waals surface area (Å²) in [6.45, 7) is 1.61. The van der Waals surface area contributed by atoms with Gasteiger partial charge in [0.25, 0.3) is 5.91 Å². The molecule has 0 aliphatic heterocycles. The quantitative estimate of drug-likeness (QED) is 0.584. The fourth-order valence-electron chi connectivity index (χ4n) is 1.67. The molecule has 0 aliphatic carbocycles. The lowest BCUT2D eigenvalue weighted by molar-refractivity contribution is 0.0702. The SMILES string of the molecule is CSc1nc(=O)[nH]c(C)c1C(=O)Nc1ccc(C(=O)O)s1. The van der Waals surface area contributed by atoms with Crippen molar-refractivity contribution in [3.63, 3.8) is 0 Å². The summed E-state index contributed by atoms with van der Waals surface area (Å²) in [5.74, 6) is -1.49. The predicted molar refractivity (Wildman–Crippen MR) is 80.6 cm³/mol. The van der Waals surface area contributed by atoms with Crippen LogP contribution in [0.4, 0.5) is 5.00 Å². The van der Waals surface area contributed by atoms with Crippen molar-refractivity contribution in [1.29, 1.82) is 0 Å². The number of aromatic amines is 1. The van der Waals surface area contributed by atoms with Crippen molar-refractivity contribution in [3.05, 3.63) is 38.8 Å². The number of hydrogen-bond acceptors (Lipinski definition) is 6. The second kappa shape index (κ2) is 6.10. The van der Waals surface area contributed by atoms with Crippen molar-refractivity contribution in [3.8, 4) is 0 Å². The fourth-order valence-corrected chi connectivity index (χ4v) is 3.03. The summed E-state index contributed by atoms with van der Waals surface area (Å²) in [7, 11) is 0. The number of H-pyrrole nitrogens is 1. The van der Waals surface area contributed by atoms with Gasteiger partial charge >= 0.3 is 11.7 Å². The zero-order valence-corrected chi connectivity index (χ0v) is 12.7. The predicted octanol–water partition coefficient (Wildman–Crippen LogP) is 1.81. The Bertz CT molecular complexity index is 766. The highest BCUT2D eigenvalue weighted by Gasteiger charge is 2.18. The number of carboxylic acid groups (broad SMARTS) is 1. The smallest absolute Gasteiger partial charge is 0.346 e. The molecule has 3 N–H and O–H groups in total. The second-order valence-corrected chi connectivity index (χ2v) is 5.85. The van der Waals surface area contributed by atoms with Crippen molar-refractivity contribution in [2.45, 2.75) is 11.9 Å². The van der Waals surface area contributed by atoms with Gasteiger partial charge in [-0.05, 0) is 25.3 Å². The number of anilines is 1. The van der Waals surface area contributed by atoms with E-state index in [1.54, 1.807) is 13.2 Å². The molecular weight excluding hydrogens is 314 g/mol. The van der Waals surface area contributed by atoms with Crippen LogP contribution < -0.4 is 11.0 Å². The van der Waals surface area contributed by atoms with Crippen LogP contribution in [0, 0.1) is 6.92 Å². The van der Waals surface area contributed by atoms with Gasteiger partial charge in [-0.15, -0.1) is 23.1 Å². The molecule has 21 heavy (non-hydrogen) atoms. The first-order chi connectivity index (χ1) is 9.92. The largest absolute Gasteiger partial charge is 0.477 e. The molecule has 0 fully saturated rings. The van der Waals surface area contributed by atoms with E-state index in [0.29, 0.717) is 15.7 Å². The standard InChI is InChI=1S/C12H11N3O4S2/c1-5-8(10(20-2)15-12(19)13-5)9(16)14-7-4-3-6(21-7)11(17)18/h3-4H,1-2H3,(H,14,16)(H,17,18)(H,13,15,19). The number of carbonyl (C=O) groups excluding carboxylic acids is 1. The lowest BCUT2D eigenvalue weighted by atomic mass is 10.2. The molecule has 0 aliphatic rings. The van der Waals surface area contributed by atoms with E-state index in [1.165, 1.54) is 23.9 Å². The van der Waals surface area contributed by atoms with Crippen LogP contribution in [-0.4, -0.2) is 33.2 Å². The second-order valence-electron chi connectivity index (χ2n) is 3.97. The molecule has 1 amide bonds. The minimum absolute atomic E-state index is 0.131. The van der Waals surface area contributed by atoms with Gasteiger partial charge in [0.1, 0.15) is 9.90 Å². The fraction of sp³-hybridized carbons (Fsp3) is 0.167. The Kier molecular flexibility index (Phi) is 4.43. The van der Waals surface area contributed by atoms with E-state index in [0.717, 1.165) is 11.3 Å². The molecule has 7 nitrogen and oxygen atoms in total. The number of hydrogen-bond donors (Lipinski definition) is 3. The van der Waals surface area contributed by atoms with Crippen molar-refractivity contribution in [1.82, 2.24) is 9.97 Å². The first-order valence-corrected chi connectivity index (χ1v) is 7.76. The minimum atomic E-state index is -1.05. The van der Waals surface area contributed by atoms with E-state index >= 15 is 0 Å². The molecule has 2 heterocycles. The van der Waals surface area contributed by atoms with Crippen molar-refractivity contribution >= 4 is 40.0 Å². The number of amides is 1. The molecule has 0 spiro atoms. The average Bonchev–Trinajstić information content (AvgIpc) is 2.86. The highest BCUT2D eigenvalue weighted by atomic mass is 32.2. The van der Waals surface area contributed by atoms with Crippen molar-refractivity contribution in [2.75, 3.05) is 11.6 Å². The summed E-state index contributed by atoms with van der Waals surface area (Å²) in [5.41, 5.74) is 0.164. The van der Waals surface area contributed by atoms with Crippen LogP contribution >= 0.6 is 23.1 Å². The van der Waals surface area contributed by atoms with Gasteiger partial charge in [-0.2, -0.15) is 4.98 Å². The molecule has 0 unspecified atom stereocenters. The Hall–Kier alpha value is -2.13. The normalized spacial score (nSPS) is 10.4. The van der Waals surface area contributed by atoms with E-state index in [9.17, 15) is 14.4 Å². The summed E-state index contributed by atoms with van der Waals surface area (Å²) in [4.78, 5) is 40.7. The van der Waals surface area contributed by atoms with Crippen LogP contribution in [0.15, 0.2) is 22.0 Å². The van der Waals surface area contributed by atoms with E-state index in [-0.39, 0.29) is 10.4 Å². The number of nitrogens with one attached hydrogen (secondary N) is 2. The molecule has 0 radical (unpaired) electrons. The van der Waals surface area contributed by atoms with E-state index in [4.69, 9.17) is 5.11 Å². The van der Waals surface area contributed by atoms with E-state index in [2.05, 4.69) is 15.3 Å². The Morgan fingerprint density at radius 3 is 2.71 bits per heavy atom. The summed E-state index contributed by atoms with van der Waals surface area (Å²) in [6, 6.07) is 2.93. The first kappa shape index (κ1) is 15.3. The van der Waals surface area contributed by atoms with Gasteiger partial charge in [-0.3, -0.25) is 4.79 Å². The maximum absolute atomic E-state index is 12.3. The lowest BCUT2D eigenvalue weighted by Crippen LogP contribution is -2.21. The molecule has 0 atom stereocenters. The number of nitrogens with zero attached hydrogens (tertiary/aromatic N) is 1. The number of aromatic carboxylic acids is 1. The molecule has 0 saturated heterocycles. The third-order valence-corrected chi connectivity index (χ3v) is 4.23. The summed E-state index contributed by atoms with van der Waals surface area (Å²) >= 11 is 2.15. The van der Waals surface area contributed by atoms with Crippen LogP contribution in [0.5, 0.6) is 0 Å². The molecule has 2 aromatic rings. The lowest BCUT2D eigenvalue weighted by Gasteiger charge is -2.08. The number of carboxylic acids is 1. The highest BCUT2D eigenvalue weighted by Crippen LogP contribution is 2.24. The van der Waals surface area contributed by atoms with Crippen molar-refractivity contribution < 1.29 is 14.7 Å². The molecule has 2 aromatic heterocycles. The van der Waals surface area contributed by atoms with Crippen LogP contribution in [0.1, 0.15) is 25.7 Å². The Labute approximate surface area is 127 Å². The number of thioether (sulfide) groups is 1. The Morgan fingerprint density at radius 2 is 2.14 bits per heavy atom. The third kappa shape index (κ3) is 3.31. The van der Waals surface area contributed by atoms with Crippen molar-refractivity contribution in [2.24, 2.45) is 0 Å². The first-order valence-electron chi connectivity index (χ1n) is 5.71. The number of rotatable bonds is 4. The number of carbonyl (C=O) groups is 2. The summed E-state index contributed by atoms with van der Waals surface area (Å²) in [6.07, 6.45) is 1.71. The van der Waals surface area contributed by atoms with Gasteiger partial charge in [-0.25, -0.2) is 9.59 Å². The van der Waals surface area contributed by atoms with Gasteiger partial charge in [-0.1, -0.05) is 0 Å². The van der Waals surface area contributed by atoms with Gasteiger partial charge in [0.05, 0.1) is 10.6 Å². The highest BCUT2D eigenvalue weighted by molar-refractivity contribution is 7.98. The monoisotopic (exact) mass is 325 g/mol. The number of thiophene rings is 1. The van der Waals surface area contributed by atoms with E-state index in [1.807, 2.05) is 0 Å². The summed E-state index contributed by atoms with van der Waals surface area (Å²) < 4.78 is 0. The van der Waals surface area contributed by atoms with Gasteiger partial charge in [0, 0.05) is 5.69 Å². The average molecular weight is 325 g/mol. The van der Waals surface area contributed by atoms with Crippen LogP contribution in [0.25, 0.3) is 0 Å². The Morgan fingerprint density at radius 1 is 1.43 bits per heavy atom. The molecular formula is C12H11N3O4S2. The van der Waals surface area contributed by atoms with Crippen LogP contribution in [0.2, 0.25) is 0 Å². The summed E-state index contributed by atoms with van der Waals surface area (Å²) in [5, 5.41) is 12.2. The molecule has 9 heteroatoms. The van der Waals surface area contributed by atoms with Gasteiger partial charge in [0.15, 0.2) is 0 Å². The minimum Gasteiger partial charge on any atom is -0.477 e. The topological polar surface area (TPSA) is 112 Å². The van der Waals surface area contributed by atoms with Gasteiger partial charge < -0.3 is 15.4 Å². The molecule has 0 bridgehead atoms. The van der Waals surface area contributed by atoms with Crippen LogP contribution in [0.3, 0.4) is 0 Å². The molecule has 110 valence electrons. The Balaban J connectivity index is 2.32. The zero-order valence-electron chi connectivity index (χ0n) is 11.1. The van der Waals surface area contributed by atoms with Crippen LogP contribution in [-0.2, 0) is 0 Å². The maximum Gasteiger partial charge on any atom is 0.346 e. The van der Waals surface area contributed by atoms with Gasteiger partial charge in [0.2, 0.25) is 0 Å². The van der Waals surface area contributed by atoms with E-state index < -0.39 is 17.6 Å². The number of aromatic nitrogens is 2. The zero-order chi connectivity index (χ0) is 15.6. The number of aryl methyl sites for hydroxylation is 1. The third-order valence-electron chi connectivity index (χ3n) is 2.56.